The van der Waals surface area contributed by atoms with Crippen molar-refractivity contribution in [3.05, 3.63) is 0 Å². The lowest BCUT2D eigenvalue weighted by molar-refractivity contribution is -0.156. The summed E-state index contributed by atoms with van der Waals surface area (Å²) in [6, 6.07) is 0. The van der Waals surface area contributed by atoms with Crippen molar-refractivity contribution < 1.29 is 9.90 Å². The van der Waals surface area contributed by atoms with Gasteiger partial charge in [-0.15, -0.1) is 0 Å². The molecule has 0 heterocycles. The molecular weight excluding hydrogens is 224 g/mol. The fourth-order valence-electron chi connectivity index (χ4n) is 4.39. The Balaban J connectivity index is 1.98. The van der Waals surface area contributed by atoms with Crippen molar-refractivity contribution in [1.29, 1.82) is 0 Å². The Bertz CT molecular complexity index is 271. The maximum atomic E-state index is 11.8. The van der Waals surface area contributed by atoms with Gasteiger partial charge in [0.25, 0.3) is 0 Å². The molecule has 104 valence electrons. The van der Waals surface area contributed by atoms with Crippen molar-refractivity contribution in [2.45, 2.75) is 77.6 Å². The largest absolute Gasteiger partial charge is 0.481 e. The quantitative estimate of drug-likeness (QED) is 0.792. The van der Waals surface area contributed by atoms with E-state index in [4.69, 9.17) is 0 Å². The van der Waals surface area contributed by atoms with E-state index >= 15 is 0 Å². The molecule has 1 N–H and O–H groups in total. The van der Waals surface area contributed by atoms with Crippen LogP contribution < -0.4 is 0 Å². The Kier molecular flexibility index (Phi) is 4.69. The topological polar surface area (TPSA) is 37.3 Å². The van der Waals surface area contributed by atoms with Gasteiger partial charge >= 0.3 is 5.97 Å². The summed E-state index contributed by atoms with van der Waals surface area (Å²) >= 11 is 0. The Morgan fingerprint density at radius 1 is 1.11 bits per heavy atom. The summed E-state index contributed by atoms with van der Waals surface area (Å²) in [6.07, 6.45) is 12.8. The molecule has 0 atom stereocenters. The molecule has 0 bridgehead atoms. The van der Waals surface area contributed by atoms with Gasteiger partial charge in [-0.3, -0.25) is 4.79 Å². The third kappa shape index (κ3) is 2.73. The fourth-order valence-corrected chi connectivity index (χ4v) is 4.39. The van der Waals surface area contributed by atoms with Crippen LogP contribution >= 0.6 is 0 Å². The maximum Gasteiger partial charge on any atom is 0.309 e. The SMILES string of the molecule is CCC[C@H]1CC[C@H](C2(C(=O)O)CCCCC2)CC1. The van der Waals surface area contributed by atoms with Crippen molar-refractivity contribution in [2.24, 2.45) is 17.3 Å². The van der Waals surface area contributed by atoms with E-state index in [9.17, 15) is 9.90 Å². The van der Waals surface area contributed by atoms with E-state index < -0.39 is 5.97 Å². The molecule has 0 spiro atoms. The normalized spacial score (nSPS) is 32.1. The molecule has 2 saturated carbocycles. The predicted molar refractivity (Wildman–Crippen MR) is 73.5 cm³/mol. The van der Waals surface area contributed by atoms with Crippen LogP contribution in [0.4, 0.5) is 0 Å². The molecule has 2 heteroatoms. The van der Waals surface area contributed by atoms with Crippen molar-refractivity contribution >= 4 is 5.97 Å². The van der Waals surface area contributed by atoms with Gasteiger partial charge < -0.3 is 5.11 Å². The van der Waals surface area contributed by atoms with Gasteiger partial charge in [0.15, 0.2) is 0 Å². The van der Waals surface area contributed by atoms with Gasteiger partial charge in [-0.05, 0) is 37.5 Å². The van der Waals surface area contributed by atoms with E-state index in [1.54, 1.807) is 0 Å². The molecular formula is C16H28O2. The van der Waals surface area contributed by atoms with Crippen LogP contribution in [0.5, 0.6) is 0 Å². The predicted octanol–water partition coefficient (Wildman–Crippen LogP) is 4.63. The summed E-state index contributed by atoms with van der Waals surface area (Å²) in [5, 5.41) is 9.71. The molecule has 0 unspecified atom stereocenters. The van der Waals surface area contributed by atoms with Gasteiger partial charge in [-0.2, -0.15) is 0 Å². The summed E-state index contributed by atoms with van der Waals surface area (Å²) < 4.78 is 0. The monoisotopic (exact) mass is 252 g/mol. The third-order valence-corrected chi connectivity index (χ3v) is 5.50. The number of aliphatic carboxylic acids is 1. The van der Waals surface area contributed by atoms with E-state index in [2.05, 4.69) is 6.92 Å². The van der Waals surface area contributed by atoms with Crippen molar-refractivity contribution in [3.8, 4) is 0 Å². The Labute approximate surface area is 111 Å². The zero-order valence-electron chi connectivity index (χ0n) is 11.8. The molecule has 2 rings (SSSR count). The number of carbonyl (C=O) groups is 1. The van der Waals surface area contributed by atoms with Gasteiger partial charge in [0.2, 0.25) is 0 Å². The summed E-state index contributed by atoms with van der Waals surface area (Å²) in [5.74, 6) is 0.838. The number of rotatable bonds is 4. The second kappa shape index (κ2) is 6.08. The summed E-state index contributed by atoms with van der Waals surface area (Å²) in [7, 11) is 0. The highest BCUT2D eigenvalue weighted by atomic mass is 16.4. The lowest BCUT2D eigenvalue weighted by Gasteiger charge is -2.43. The molecule has 0 aromatic heterocycles. The fraction of sp³-hybridized carbons (Fsp3) is 0.938. The first kappa shape index (κ1) is 13.9. The number of carboxylic acids is 1. The highest BCUT2D eigenvalue weighted by Crippen LogP contribution is 2.49. The van der Waals surface area contributed by atoms with E-state index in [0.29, 0.717) is 5.92 Å². The van der Waals surface area contributed by atoms with Gasteiger partial charge in [-0.25, -0.2) is 0 Å². The average molecular weight is 252 g/mol. The average Bonchev–Trinajstić information content (AvgIpc) is 2.40. The molecule has 0 aromatic rings. The van der Waals surface area contributed by atoms with E-state index in [1.807, 2.05) is 0 Å². The van der Waals surface area contributed by atoms with Crippen LogP contribution in [0, 0.1) is 17.3 Å². The van der Waals surface area contributed by atoms with Crippen LogP contribution in [0.25, 0.3) is 0 Å². The minimum Gasteiger partial charge on any atom is -0.481 e. The summed E-state index contributed by atoms with van der Waals surface area (Å²) in [4.78, 5) is 11.8. The minimum atomic E-state index is -0.499. The number of hydrogen-bond acceptors (Lipinski definition) is 1. The second-order valence-electron chi connectivity index (χ2n) is 6.53. The standard InChI is InChI=1S/C16H28O2/c1-2-6-13-7-9-14(10-8-13)16(15(17)18)11-4-3-5-12-16/h13-14H,2-12H2,1H3,(H,17,18)/t13-,14-. The van der Waals surface area contributed by atoms with Crippen molar-refractivity contribution in [3.63, 3.8) is 0 Å². The second-order valence-corrected chi connectivity index (χ2v) is 6.53. The first-order valence-corrected chi connectivity index (χ1v) is 7.92. The Morgan fingerprint density at radius 3 is 2.22 bits per heavy atom. The Hall–Kier alpha value is -0.530. The molecule has 2 nitrogen and oxygen atoms in total. The molecule has 2 aliphatic carbocycles. The summed E-state index contributed by atoms with van der Waals surface area (Å²) in [6.45, 7) is 2.26. The zero-order chi connectivity index (χ0) is 13.0. The Morgan fingerprint density at radius 2 is 1.72 bits per heavy atom. The van der Waals surface area contributed by atoms with Crippen LogP contribution in [-0.4, -0.2) is 11.1 Å². The highest BCUT2D eigenvalue weighted by molar-refractivity contribution is 5.75. The number of carboxylic acid groups (broad SMARTS) is 1. The molecule has 2 aliphatic rings. The highest BCUT2D eigenvalue weighted by Gasteiger charge is 2.46. The third-order valence-electron chi connectivity index (χ3n) is 5.50. The van der Waals surface area contributed by atoms with Gasteiger partial charge in [0.1, 0.15) is 0 Å². The molecule has 0 radical (unpaired) electrons. The maximum absolute atomic E-state index is 11.8. The van der Waals surface area contributed by atoms with Crippen molar-refractivity contribution in [1.82, 2.24) is 0 Å². The summed E-state index contributed by atoms with van der Waals surface area (Å²) in [5.41, 5.74) is -0.352. The van der Waals surface area contributed by atoms with Crippen molar-refractivity contribution in [2.75, 3.05) is 0 Å². The van der Waals surface area contributed by atoms with Crippen LogP contribution in [0.1, 0.15) is 77.6 Å². The molecule has 0 aliphatic heterocycles. The molecule has 0 amide bonds. The zero-order valence-corrected chi connectivity index (χ0v) is 11.8. The lowest BCUT2D eigenvalue weighted by atomic mass is 9.60. The van der Waals surface area contributed by atoms with Gasteiger partial charge in [0.05, 0.1) is 5.41 Å². The minimum absolute atomic E-state index is 0.352. The molecule has 0 aromatic carbocycles. The van der Waals surface area contributed by atoms with Crippen LogP contribution in [0.2, 0.25) is 0 Å². The first-order chi connectivity index (χ1) is 8.69. The molecule has 0 saturated heterocycles. The van der Waals surface area contributed by atoms with Gasteiger partial charge in [-0.1, -0.05) is 51.9 Å². The van der Waals surface area contributed by atoms with E-state index in [-0.39, 0.29) is 5.41 Å². The van der Waals surface area contributed by atoms with Crippen LogP contribution in [0.15, 0.2) is 0 Å². The number of hydrogen-bond donors (Lipinski definition) is 1. The van der Waals surface area contributed by atoms with E-state index in [1.165, 1.54) is 32.1 Å². The molecule has 18 heavy (non-hydrogen) atoms. The molecule has 2 fully saturated rings. The van der Waals surface area contributed by atoms with Crippen LogP contribution in [-0.2, 0) is 4.79 Å². The van der Waals surface area contributed by atoms with Gasteiger partial charge in [0, 0.05) is 0 Å². The van der Waals surface area contributed by atoms with Crippen LogP contribution in [0.3, 0.4) is 0 Å². The first-order valence-electron chi connectivity index (χ1n) is 7.92. The lowest BCUT2D eigenvalue weighted by Crippen LogP contribution is -2.42. The van der Waals surface area contributed by atoms with E-state index in [0.717, 1.165) is 44.4 Å². The smallest absolute Gasteiger partial charge is 0.309 e.